The number of hydrogen-bond donors (Lipinski definition) is 1. The number of carbonyl (C=O) groups is 1. The third kappa shape index (κ3) is 2.71. The molecule has 0 radical (unpaired) electrons. The number of nitrogens with zero attached hydrogens (tertiary/aromatic N) is 1. The topological polar surface area (TPSA) is 49.8 Å². The molecule has 1 unspecified atom stereocenters. The SMILES string of the molecule is COC(C)CN1CCc2c(cccc2C(=O)O)C1. The Kier molecular flexibility index (Phi) is 3.99. The first-order chi connectivity index (χ1) is 8.61. The van der Waals surface area contributed by atoms with Crippen molar-refractivity contribution in [3.8, 4) is 0 Å². The Morgan fingerprint density at radius 1 is 1.56 bits per heavy atom. The van der Waals surface area contributed by atoms with Crippen LogP contribution >= 0.6 is 0 Å². The van der Waals surface area contributed by atoms with Gasteiger partial charge in [-0.1, -0.05) is 12.1 Å². The van der Waals surface area contributed by atoms with Crippen LogP contribution in [0.25, 0.3) is 0 Å². The second-order valence-electron chi connectivity index (χ2n) is 4.78. The molecule has 0 fully saturated rings. The summed E-state index contributed by atoms with van der Waals surface area (Å²) in [5.74, 6) is -0.828. The largest absolute Gasteiger partial charge is 0.478 e. The molecule has 0 saturated heterocycles. The van der Waals surface area contributed by atoms with E-state index in [1.54, 1.807) is 13.2 Å². The number of fused-ring (bicyclic) bond motifs is 1. The molecule has 2 rings (SSSR count). The van der Waals surface area contributed by atoms with E-state index < -0.39 is 5.97 Å². The molecular formula is C14H19NO3. The van der Waals surface area contributed by atoms with Crippen LogP contribution in [-0.4, -0.2) is 42.3 Å². The highest BCUT2D eigenvalue weighted by Gasteiger charge is 2.21. The molecule has 1 N–H and O–H groups in total. The molecule has 1 aromatic carbocycles. The van der Waals surface area contributed by atoms with Gasteiger partial charge in [-0.25, -0.2) is 4.79 Å². The van der Waals surface area contributed by atoms with E-state index in [9.17, 15) is 4.79 Å². The van der Waals surface area contributed by atoms with Crippen LogP contribution in [0.1, 0.15) is 28.4 Å². The fraction of sp³-hybridized carbons (Fsp3) is 0.500. The molecule has 0 bridgehead atoms. The Morgan fingerprint density at radius 2 is 2.33 bits per heavy atom. The molecule has 98 valence electrons. The summed E-state index contributed by atoms with van der Waals surface area (Å²) in [6.07, 6.45) is 1.00. The standard InChI is InChI=1S/C14H19NO3/c1-10(18-2)8-15-7-6-12-11(9-15)4-3-5-13(12)14(16)17/h3-5,10H,6-9H2,1-2H3,(H,16,17). The van der Waals surface area contributed by atoms with Crippen LogP contribution in [0.2, 0.25) is 0 Å². The zero-order chi connectivity index (χ0) is 13.1. The number of benzene rings is 1. The molecule has 4 nitrogen and oxygen atoms in total. The van der Waals surface area contributed by atoms with Gasteiger partial charge in [0.1, 0.15) is 0 Å². The maximum Gasteiger partial charge on any atom is 0.335 e. The lowest BCUT2D eigenvalue weighted by molar-refractivity contribution is 0.0679. The zero-order valence-corrected chi connectivity index (χ0v) is 10.8. The number of hydrogen-bond acceptors (Lipinski definition) is 3. The highest BCUT2D eigenvalue weighted by atomic mass is 16.5. The molecule has 0 amide bonds. The van der Waals surface area contributed by atoms with Gasteiger partial charge < -0.3 is 9.84 Å². The van der Waals surface area contributed by atoms with E-state index in [1.807, 2.05) is 19.1 Å². The van der Waals surface area contributed by atoms with Crippen molar-refractivity contribution in [2.75, 3.05) is 20.2 Å². The van der Waals surface area contributed by atoms with Gasteiger partial charge in [-0.05, 0) is 30.5 Å². The van der Waals surface area contributed by atoms with E-state index in [0.29, 0.717) is 5.56 Å². The van der Waals surface area contributed by atoms with Gasteiger partial charge in [0.15, 0.2) is 0 Å². The Balaban J connectivity index is 2.15. The zero-order valence-electron chi connectivity index (χ0n) is 10.8. The van der Waals surface area contributed by atoms with Crippen molar-refractivity contribution in [1.82, 2.24) is 4.90 Å². The van der Waals surface area contributed by atoms with Crippen LogP contribution in [0, 0.1) is 0 Å². The lowest BCUT2D eigenvalue weighted by atomic mass is 9.94. The molecule has 1 aliphatic rings. The Hall–Kier alpha value is -1.39. The quantitative estimate of drug-likeness (QED) is 0.883. The van der Waals surface area contributed by atoms with Gasteiger partial charge in [0.05, 0.1) is 11.7 Å². The van der Waals surface area contributed by atoms with E-state index in [-0.39, 0.29) is 6.10 Å². The van der Waals surface area contributed by atoms with E-state index in [1.165, 1.54) is 0 Å². The second kappa shape index (κ2) is 5.50. The van der Waals surface area contributed by atoms with Crippen molar-refractivity contribution >= 4 is 5.97 Å². The van der Waals surface area contributed by atoms with E-state index in [4.69, 9.17) is 9.84 Å². The molecule has 0 saturated carbocycles. The van der Waals surface area contributed by atoms with Gasteiger partial charge in [-0.2, -0.15) is 0 Å². The monoisotopic (exact) mass is 249 g/mol. The van der Waals surface area contributed by atoms with Crippen molar-refractivity contribution in [3.63, 3.8) is 0 Å². The summed E-state index contributed by atoms with van der Waals surface area (Å²) in [6, 6.07) is 5.53. The summed E-state index contributed by atoms with van der Waals surface area (Å²) in [6.45, 7) is 4.63. The number of ether oxygens (including phenoxy) is 1. The first-order valence-corrected chi connectivity index (χ1v) is 6.21. The fourth-order valence-corrected chi connectivity index (χ4v) is 2.46. The predicted octanol–water partition coefficient (Wildman–Crippen LogP) is 1.78. The molecule has 1 aromatic rings. The summed E-state index contributed by atoms with van der Waals surface area (Å²) in [4.78, 5) is 13.5. The number of methoxy groups -OCH3 is 1. The normalized spacial score (nSPS) is 17.2. The number of carboxylic acids is 1. The molecule has 1 heterocycles. The third-order valence-corrected chi connectivity index (χ3v) is 3.49. The third-order valence-electron chi connectivity index (χ3n) is 3.49. The molecule has 0 aliphatic carbocycles. The Bertz CT molecular complexity index is 445. The van der Waals surface area contributed by atoms with Gasteiger partial charge in [0.2, 0.25) is 0 Å². The molecule has 1 atom stereocenters. The van der Waals surface area contributed by atoms with E-state index >= 15 is 0 Å². The summed E-state index contributed by atoms with van der Waals surface area (Å²) in [5.41, 5.74) is 2.57. The maximum atomic E-state index is 11.1. The summed E-state index contributed by atoms with van der Waals surface area (Å²) < 4.78 is 5.27. The van der Waals surface area contributed by atoms with Crippen LogP contribution in [-0.2, 0) is 17.7 Å². The fourth-order valence-electron chi connectivity index (χ4n) is 2.46. The average molecular weight is 249 g/mol. The molecular weight excluding hydrogens is 230 g/mol. The van der Waals surface area contributed by atoms with Crippen LogP contribution in [0.4, 0.5) is 0 Å². The van der Waals surface area contributed by atoms with Crippen LogP contribution in [0.3, 0.4) is 0 Å². The molecule has 18 heavy (non-hydrogen) atoms. The van der Waals surface area contributed by atoms with Gasteiger partial charge >= 0.3 is 5.97 Å². The molecule has 1 aliphatic heterocycles. The van der Waals surface area contributed by atoms with Crippen LogP contribution < -0.4 is 0 Å². The highest BCUT2D eigenvalue weighted by Crippen LogP contribution is 2.22. The number of rotatable bonds is 4. The molecule has 4 heteroatoms. The van der Waals surface area contributed by atoms with Crippen molar-refractivity contribution in [3.05, 3.63) is 34.9 Å². The first-order valence-electron chi connectivity index (χ1n) is 6.21. The van der Waals surface area contributed by atoms with E-state index in [2.05, 4.69) is 4.90 Å². The van der Waals surface area contributed by atoms with Crippen molar-refractivity contribution in [1.29, 1.82) is 0 Å². The minimum absolute atomic E-state index is 0.203. The predicted molar refractivity (Wildman–Crippen MR) is 68.9 cm³/mol. The van der Waals surface area contributed by atoms with Gasteiger partial charge in [0, 0.05) is 26.7 Å². The van der Waals surface area contributed by atoms with Crippen molar-refractivity contribution < 1.29 is 14.6 Å². The minimum Gasteiger partial charge on any atom is -0.478 e. The van der Waals surface area contributed by atoms with Gasteiger partial charge in [-0.15, -0.1) is 0 Å². The Labute approximate surface area is 107 Å². The van der Waals surface area contributed by atoms with Gasteiger partial charge in [0.25, 0.3) is 0 Å². The first kappa shape index (κ1) is 13.1. The second-order valence-corrected chi connectivity index (χ2v) is 4.78. The van der Waals surface area contributed by atoms with Crippen molar-refractivity contribution in [2.45, 2.75) is 26.0 Å². The minimum atomic E-state index is -0.828. The lowest BCUT2D eigenvalue weighted by Gasteiger charge is -2.31. The average Bonchev–Trinajstić information content (AvgIpc) is 2.37. The van der Waals surface area contributed by atoms with Crippen LogP contribution in [0.15, 0.2) is 18.2 Å². The maximum absolute atomic E-state index is 11.1. The summed E-state index contributed by atoms with van der Waals surface area (Å²) >= 11 is 0. The van der Waals surface area contributed by atoms with E-state index in [0.717, 1.165) is 37.2 Å². The van der Waals surface area contributed by atoms with Gasteiger partial charge in [-0.3, -0.25) is 4.90 Å². The van der Waals surface area contributed by atoms with Crippen LogP contribution in [0.5, 0.6) is 0 Å². The molecule has 0 aromatic heterocycles. The summed E-state index contributed by atoms with van der Waals surface area (Å²) in [5, 5.41) is 9.16. The highest BCUT2D eigenvalue weighted by molar-refractivity contribution is 5.89. The Morgan fingerprint density at radius 3 is 3.00 bits per heavy atom. The number of carboxylic acid groups (broad SMARTS) is 1. The smallest absolute Gasteiger partial charge is 0.335 e. The molecule has 0 spiro atoms. The number of aromatic carboxylic acids is 1. The summed E-state index contributed by atoms with van der Waals surface area (Å²) in [7, 11) is 1.71. The van der Waals surface area contributed by atoms with Crippen molar-refractivity contribution in [2.24, 2.45) is 0 Å². The lowest BCUT2D eigenvalue weighted by Crippen LogP contribution is -2.36.